The van der Waals surface area contributed by atoms with Gasteiger partial charge in [0.25, 0.3) is 0 Å². The lowest BCUT2D eigenvalue weighted by molar-refractivity contribution is -0.138. The molecular formula is C24H22BrNO5. The summed E-state index contributed by atoms with van der Waals surface area (Å²) in [6.07, 6.45) is 8.66. The van der Waals surface area contributed by atoms with Gasteiger partial charge in [-0.05, 0) is 43.9 Å². The van der Waals surface area contributed by atoms with Crippen LogP contribution >= 0.6 is 15.9 Å². The van der Waals surface area contributed by atoms with Crippen molar-refractivity contribution in [3.05, 3.63) is 50.8 Å². The largest absolute Gasteiger partial charge is 0.481 e. The Labute approximate surface area is 189 Å². The van der Waals surface area contributed by atoms with Crippen LogP contribution < -0.4 is 4.74 Å². The first-order valence-electron chi connectivity index (χ1n) is 10.3. The Balaban J connectivity index is 1.98. The number of hydrogen-bond acceptors (Lipinski definition) is 5. The van der Waals surface area contributed by atoms with Crippen molar-refractivity contribution in [1.29, 1.82) is 0 Å². The van der Waals surface area contributed by atoms with Crippen molar-refractivity contribution in [3.63, 3.8) is 0 Å². The van der Waals surface area contributed by atoms with Crippen LogP contribution in [0, 0.1) is 12.3 Å². The van der Waals surface area contributed by atoms with Crippen LogP contribution in [0.15, 0.2) is 45.2 Å². The van der Waals surface area contributed by atoms with E-state index >= 15 is 0 Å². The van der Waals surface area contributed by atoms with Gasteiger partial charge in [-0.15, -0.1) is 6.42 Å². The summed E-state index contributed by atoms with van der Waals surface area (Å²) < 4.78 is 6.57. The van der Waals surface area contributed by atoms with Crippen molar-refractivity contribution < 1.29 is 24.2 Å². The zero-order chi connectivity index (χ0) is 22.1. The fourth-order valence-corrected chi connectivity index (χ4v) is 5.23. The molecule has 0 spiro atoms. The normalized spacial score (nSPS) is 19.2. The van der Waals surface area contributed by atoms with Crippen LogP contribution in [0.2, 0.25) is 0 Å². The second-order valence-electron chi connectivity index (χ2n) is 7.86. The van der Waals surface area contributed by atoms with E-state index in [0.29, 0.717) is 61.0 Å². The van der Waals surface area contributed by atoms with E-state index in [4.69, 9.17) is 11.2 Å². The average Bonchev–Trinajstić information content (AvgIpc) is 2.73. The highest BCUT2D eigenvalue weighted by Gasteiger charge is 2.44. The number of hydrogen-bond donors (Lipinski definition) is 1. The highest BCUT2D eigenvalue weighted by molar-refractivity contribution is 9.10. The number of ketones is 2. The zero-order valence-corrected chi connectivity index (χ0v) is 18.5. The lowest BCUT2D eigenvalue weighted by Crippen LogP contribution is -2.41. The maximum absolute atomic E-state index is 13.2. The third kappa shape index (κ3) is 3.92. The van der Waals surface area contributed by atoms with Crippen LogP contribution in [0.3, 0.4) is 0 Å². The standard InChI is InChI=1S/C24H22BrNO5/c1-2-11-31-20-10-9-14(25)12-15(20)22-23-16(5-3-7-18(23)27)26(13-21(29)30)17-6-4-8-19(28)24(17)22/h1,9-10,12,22H,3-8,11,13H2,(H,29,30). The molecule has 1 heterocycles. The summed E-state index contributed by atoms with van der Waals surface area (Å²) in [6, 6.07) is 5.47. The molecule has 7 heteroatoms. The minimum absolute atomic E-state index is 0.0468. The molecule has 31 heavy (non-hydrogen) atoms. The molecule has 1 aromatic carbocycles. The topological polar surface area (TPSA) is 83.9 Å². The number of rotatable bonds is 5. The van der Waals surface area contributed by atoms with Gasteiger partial charge in [-0.3, -0.25) is 14.4 Å². The summed E-state index contributed by atoms with van der Waals surface area (Å²) in [5.74, 6) is 1.31. The van der Waals surface area contributed by atoms with Crippen molar-refractivity contribution in [2.24, 2.45) is 0 Å². The molecule has 0 unspecified atom stereocenters. The molecule has 0 aromatic heterocycles. The maximum atomic E-state index is 13.2. The minimum Gasteiger partial charge on any atom is -0.481 e. The third-order valence-corrected chi connectivity index (χ3v) is 6.47. The smallest absolute Gasteiger partial charge is 0.323 e. The van der Waals surface area contributed by atoms with Gasteiger partial charge in [-0.1, -0.05) is 21.9 Å². The second kappa shape index (κ2) is 8.72. The first-order chi connectivity index (χ1) is 14.9. The average molecular weight is 484 g/mol. The predicted molar refractivity (Wildman–Crippen MR) is 117 cm³/mol. The van der Waals surface area contributed by atoms with Crippen molar-refractivity contribution in [2.75, 3.05) is 13.2 Å². The molecule has 0 saturated heterocycles. The number of nitrogens with zero attached hydrogens (tertiary/aromatic N) is 1. The van der Waals surface area contributed by atoms with Gasteiger partial charge in [0.15, 0.2) is 11.6 Å². The molecule has 0 radical (unpaired) electrons. The van der Waals surface area contributed by atoms with Crippen LogP contribution in [0.25, 0.3) is 0 Å². The Morgan fingerprint density at radius 1 is 1.13 bits per heavy atom. The first-order valence-corrected chi connectivity index (χ1v) is 11.1. The lowest BCUT2D eigenvalue weighted by atomic mass is 9.70. The number of Topliss-reactive ketones (excluding diaryl/α,β-unsaturated/α-hetero) is 2. The number of halogens is 1. The Kier molecular flexibility index (Phi) is 6.01. The fraction of sp³-hybridized carbons (Fsp3) is 0.375. The number of ether oxygens (including phenoxy) is 1. The van der Waals surface area contributed by atoms with Crippen LogP contribution in [-0.4, -0.2) is 40.7 Å². The Morgan fingerprint density at radius 2 is 1.74 bits per heavy atom. The van der Waals surface area contributed by atoms with Crippen molar-refractivity contribution in [2.45, 2.75) is 44.4 Å². The Bertz CT molecular complexity index is 1030. The summed E-state index contributed by atoms with van der Waals surface area (Å²) >= 11 is 3.50. The molecule has 1 N–H and O–H groups in total. The second-order valence-corrected chi connectivity index (χ2v) is 8.78. The lowest BCUT2D eigenvalue weighted by Gasteiger charge is -2.43. The summed E-state index contributed by atoms with van der Waals surface area (Å²) in [5, 5.41) is 9.54. The van der Waals surface area contributed by atoms with Crippen LogP contribution in [-0.2, 0) is 14.4 Å². The quantitative estimate of drug-likeness (QED) is 0.638. The molecule has 2 aliphatic carbocycles. The van der Waals surface area contributed by atoms with E-state index in [1.54, 1.807) is 11.0 Å². The van der Waals surface area contributed by atoms with Crippen molar-refractivity contribution >= 4 is 33.5 Å². The third-order valence-electron chi connectivity index (χ3n) is 5.97. The van der Waals surface area contributed by atoms with E-state index in [0.717, 1.165) is 15.9 Å². The number of carboxylic acids is 1. The van der Waals surface area contributed by atoms with Crippen LogP contribution in [0.4, 0.5) is 0 Å². The van der Waals surface area contributed by atoms with Crippen LogP contribution in [0.5, 0.6) is 5.75 Å². The maximum Gasteiger partial charge on any atom is 0.323 e. The van der Waals surface area contributed by atoms with E-state index in [-0.39, 0.29) is 24.7 Å². The molecule has 0 amide bonds. The molecule has 0 saturated carbocycles. The van der Waals surface area contributed by atoms with E-state index in [2.05, 4.69) is 21.9 Å². The summed E-state index contributed by atoms with van der Waals surface area (Å²) in [4.78, 5) is 39.7. The summed E-state index contributed by atoms with van der Waals surface area (Å²) in [7, 11) is 0. The number of carboxylic acid groups (broad SMARTS) is 1. The number of allylic oxidation sites excluding steroid dienone is 4. The number of terminal acetylenes is 1. The first kappa shape index (κ1) is 21.4. The van der Waals surface area contributed by atoms with E-state index in [1.807, 2.05) is 12.1 Å². The minimum atomic E-state index is -0.992. The van der Waals surface area contributed by atoms with Crippen LogP contribution in [0.1, 0.15) is 50.0 Å². The highest BCUT2D eigenvalue weighted by Crippen LogP contribution is 2.51. The van der Waals surface area contributed by atoms with Gasteiger partial charge in [0.2, 0.25) is 0 Å². The summed E-state index contributed by atoms with van der Waals surface area (Å²) in [5.41, 5.74) is 3.18. The van der Waals surface area contributed by atoms with E-state index < -0.39 is 11.9 Å². The van der Waals surface area contributed by atoms with Gasteiger partial charge in [0.1, 0.15) is 18.9 Å². The molecule has 160 valence electrons. The van der Waals surface area contributed by atoms with Gasteiger partial charge < -0.3 is 14.7 Å². The molecule has 6 nitrogen and oxygen atoms in total. The van der Waals surface area contributed by atoms with Crippen molar-refractivity contribution in [1.82, 2.24) is 4.90 Å². The fourth-order valence-electron chi connectivity index (χ4n) is 4.85. The molecule has 1 aliphatic heterocycles. The Morgan fingerprint density at radius 3 is 2.29 bits per heavy atom. The number of benzene rings is 1. The highest BCUT2D eigenvalue weighted by atomic mass is 79.9. The molecule has 0 atom stereocenters. The van der Waals surface area contributed by atoms with Gasteiger partial charge in [-0.25, -0.2) is 0 Å². The number of carbonyl (C=O) groups excluding carboxylic acids is 2. The molecule has 0 bridgehead atoms. The monoisotopic (exact) mass is 483 g/mol. The molecular weight excluding hydrogens is 462 g/mol. The molecule has 0 fully saturated rings. The summed E-state index contributed by atoms with van der Waals surface area (Å²) in [6.45, 7) is -0.198. The Hall–Kier alpha value is -2.85. The predicted octanol–water partition coefficient (Wildman–Crippen LogP) is 3.96. The zero-order valence-electron chi connectivity index (χ0n) is 16.9. The van der Waals surface area contributed by atoms with Gasteiger partial charge in [-0.2, -0.15) is 0 Å². The van der Waals surface area contributed by atoms with Crippen molar-refractivity contribution in [3.8, 4) is 18.1 Å². The number of carbonyl (C=O) groups is 3. The molecule has 4 rings (SSSR count). The number of aliphatic carboxylic acids is 1. The molecule has 1 aromatic rings. The van der Waals surface area contributed by atoms with Gasteiger partial charge >= 0.3 is 5.97 Å². The van der Waals surface area contributed by atoms with E-state index in [9.17, 15) is 19.5 Å². The van der Waals surface area contributed by atoms with Gasteiger partial charge in [0.05, 0.1) is 0 Å². The van der Waals surface area contributed by atoms with E-state index in [1.165, 1.54) is 0 Å². The molecule has 3 aliphatic rings. The van der Waals surface area contributed by atoms with Gasteiger partial charge in [0, 0.05) is 51.3 Å². The SMILES string of the molecule is C#CCOc1ccc(Br)cc1C1C2=C(CCCC2=O)N(CC(=O)O)C2=C1C(=O)CCC2.